The van der Waals surface area contributed by atoms with Crippen molar-refractivity contribution in [2.75, 3.05) is 78.5 Å². The number of hydrogen-bond acceptors (Lipinski definition) is 31. The minimum Gasteiger partial charge on any atom is -0.508 e. The molecule has 54 heteroatoms. The van der Waals surface area contributed by atoms with Gasteiger partial charge in [0.05, 0.1) is 67.5 Å². The summed E-state index contributed by atoms with van der Waals surface area (Å²) in [5.41, 5.74) is 35.3. The number of azo groups is 1. The number of hydrogen-bond donors (Lipinski definition) is 29. The van der Waals surface area contributed by atoms with Gasteiger partial charge in [0, 0.05) is 45.8 Å². The average Bonchev–Trinajstić information content (AvgIpc) is 0.813. The number of sulfonamides is 1. The van der Waals surface area contributed by atoms with Gasteiger partial charge in [-0.15, -0.1) is 0 Å². The van der Waals surface area contributed by atoms with Crippen molar-refractivity contribution in [2.45, 2.75) is 255 Å². The number of aliphatic carboxylic acids is 3. The predicted molar refractivity (Wildman–Crippen MR) is 537 cm³/mol. The number of aliphatic hydroxyl groups excluding tert-OH is 3. The Labute approximate surface area is 847 Å². The van der Waals surface area contributed by atoms with Crippen molar-refractivity contribution in [1.82, 2.24) is 84.5 Å². The molecule has 14 amide bonds. The van der Waals surface area contributed by atoms with Crippen molar-refractivity contribution in [2.24, 2.45) is 84.2 Å². The van der Waals surface area contributed by atoms with Gasteiger partial charge in [0.1, 0.15) is 78.4 Å². The molecule has 0 heterocycles. The maximum atomic E-state index is 14.2. The number of carbonyl (C=O) groups excluding carboxylic acids is 14. The molecule has 0 radical (unpaired) electrons. The number of likely N-dealkylation sites (N-methyl/N-ethyl adjacent to an activating group) is 1. The standard InChI is InChI=1S/C48H69N13O11S.C44H82N14O15/c1-27(2)24-37(45(68)57-41(28(3)4)47(70)56-38(26-40(63)64)43(66)51-6)55-42(65)29(5)53-44(67)36(10-9-23-52-48(49)50)54-46(69)39(25-30-11-19-34(62)20-12-30)60-73(71,72)35-21-15-32(16-22-35)59-58-31-13-17-33(18-14-31)61(7)8;1-6-25(24(4)5)36(65)57-29(17-23(2)3)41(70)56-28(12-7-8-14-45)40(69)55-27(38(67)52-20-34(62)54-32(22-60)43(72)73)13-10-15-49-39(68)31(21-59)58-42(71)30(18-35(63)64)53-33(61)19-51-37(66)26(46)11-9-16-50-44(47)48/h11-22,27-29,36-39,41,60,62H,9-10,23-26H2,1-8H3,(H,51,66)(H,53,67)(H,54,69)(H,55,65)(H,56,70)(H,57,68)(H,63,64)(H4,49,50,52);23-32,39,49,59-60,68H,6-22,45-46H2,1-5H3,(H,51,66)(H,52,67)(H,53,61)(H,54,62)(H,55,69)(H,56,70)(H,57,65)(H,58,71)(H,63,64)(H,72,73)(H4,47,48,50)/t29-,36-,37-,38-,39-,41-;25-,26-,27-,28-,29-,30-,31-,32-,39-/m00/s1. The Morgan fingerprint density at radius 1 is 0.452 bits per heavy atom. The second-order valence-electron chi connectivity index (χ2n) is 36.1. The molecule has 3 aromatic carbocycles. The summed E-state index contributed by atoms with van der Waals surface area (Å²) in [6.45, 7) is 14.4. The zero-order valence-electron chi connectivity index (χ0n) is 84.7. The molecule has 0 saturated heterocycles. The largest absolute Gasteiger partial charge is 0.508 e. The van der Waals surface area contributed by atoms with E-state index in [2.05, 4.69) is 99.4 Å². The van der Waals surface area contributed by atoms with E-state index in [1.54, 1.807) is 39.8 Å². The molecule has 0 bridgehead atoms. The number of phenols is 1. The van der Waals surface area contributed by atoms with Gasteiger partial charge in [0.15, 0.2) is 11.9 Å². The van der Waals surface area contributed by atoms with Crippen LogP contribution in [0.25, 0.3) is 0 Å². The summed E-state index contributed by atoms with van der Waals surface area (Å²) in [5.74, 6) is -17.6. The maximum Gasteiger partial charge on any atom is 0.328 e. The molecule has 0 aromatic heterocycles. The van der Waals surface area contributed by atoms with Crippen molar-refractivity contribution in [3.05, 3.63) is 78.4 Å². The van der Waals surface area contributed by atoms with E-state index in [4.69, 9.17) is 34.4 Å². The van der Waals surface area contributed by atoms with Crippen LogP contribution in [0.3, 0.4) is 0 Å². The van der Waals surface area contributed by atoms with Crippen LogP contribution in [0.5, 0.6) is 5.75 Å². The van der Waals surface area contributed by atoms with Crippen LogP contribution in [-0.2, 0) is 98.0 Å². The highest BCUT2D eigenvalue weighted by Crippen LogP contribution is 2.25. The second kappa shape index (κ2) is 66.9. The summed E-state index contributed by atoms with van der Waals surface area (Å²) in [5, 5.41) is 113. The molecule has 816 valence electrons. The van der Waals surface area contributed by atoms with Gasteiger partial charge in [-0.2, -0.15) is 15.0 Å². The van der Waals surface area contributed by atoms with E-state index < -0.39 is 235 Å². The SMILES string of the molecule is CC[C@H](C(=O)N[C@@H](CC(C)C)C(=O)N[C@@H](CCCCN)C(=O)N[C@@H](CCCN[C@@H](O)[C@H](CO)NC(=O)[C@H](CC(=O)O)NC(=O)CNC(=O)[C@@H](N)CCCN=C(N)N)C(=O)NCC(=O)N[C@@H](CO)C(=O)O)C(C)C.CNC(=O)[C@H](CC(=O)O)NC(=O)[C@@H](NC(=O)[C@H](CC(C)C)NC(=O)[C@H](C)NC(=O)[C@H](CCCN=C(N)N)NC(=O)[C@H](Cc1ccc(O)cc1)NS(=O)(=O)c1ccc(N=Nc2ccc(N(C)C)cc2)cc1)C(C)C. The van der Waals surface area contributed by atoms with Gasteiger partial charge < -0.3 is 149 Å². The summed E-state index contributed by atoms with van der Waals surface area (Å²) in [6.07, 6.45) is -1.67. The van der Waals surface area contributed by atoms with E-state index >= 15 is 0 Å². The Kier molecular flexibility index (Phi) is 58.7. The molecule has 0 spiro atoms. The molecular weight excluding hydrogens is 1930 g/mol. The zero-order chi connectivity index (χ0) is 110. The number of aromatic hydroxyl groups is 1. The van der Waals surface area contributed by atoms with Crippen molar-refractivity contribution in [3.8, 4) is 5.75 Å². The molecule has 0 aliphatic carbocycles. The van der Waals surface area contributed by atoms with Gasteiger partial charge in [-0.1, -0.05) is 74.4 Å². The lowest BCUT2D eigenvalue weighted by molar-refractivity contribution is -0.143. The van der Waals surface area contributed by atoms with Crippen molar-refractivity contribution in [1.29, 1.82) is 0 Å². The number of carbonyl (C=O) groups is 17. The zero-order valence-corrected chi connectivity index (χ0v) is 85.5. The molecule has 35 N–H and O–H groups in total. The second-order valence-corrected chi connectivity index (χ2v) is 37.8. The van der Waals surface area contributed by atoms with Crippen molar-refractivity contribution in [3.63, 3.8) is 0 Å². The number of nitrogens with one attached hydrogen (secondary N) is 16. The first-order chi connectivity index (χ1) is 68.6. The van der Waals surface area contributed by atoms with E-state index in [1.807, 2.05) is 71.1 Å². The van der Waals surface area contributed by atoms with E-state index in [-0.39, 0.29) is 136 Å². The summed E-state index contributed by atoms with van der Waals surface area (Å²) in [6, 6.07) is 0.532. The van der Waals surface area contributed by atoms with E-state index in [0.29, 0.717) is 42.6 Å². The van der Waals surface area contributed by atoms with Gasteiger partial charge in [-0.25, -0.2) is 13.2 Å². The molecular formula is C92H151N27O26S. The Hall–Kier alpha value is -13.9. The molecule has 0 aliphatic rings. The maximum absolute atomic E-state index is 14.2. The van der Waals surface area contributed by atoms with Crippen molar-refractivity contribution < 1.29 is 126 Å². The molecule has 0 saturated carbocycles. The fraction of sp³-hybridized carbons (Fsp3) is 0.598. The van der Waals surface area contributed by atoms with Crippen LogP contribution in [0.1, 0.15) is 165 Å². The molecule has 146 heavy (non-hydrogen) atoms. The number of carboxylic acid groups (broad SMARTS) is 3. The molecule has 0 fully saturated rings. The normalized spacial score (nSPS) is 14.4. The first-order valence-electron chi connectivity index (χ1n) is 47.7. The molecule has 3 aromatic rings. The third-order valence-corrected chi connectivity index (χ3v) is 23.5. The minimum atomic E-state index is -4.43. The van der Waals surface area contributed by atoms with E-state index in [9.17, 15) is 126 Å². The van der Waals surface area contributed by atoms with Crippen LogP contribution in [0.2, 0.25) is 0 Å². The highest BCUT2D eigenvalue weighted by molar-refractivity contribution is 7.89. The number of guanidine groups is 2. The fourth-order valence-corrected chi connectivity index (χ4v) is 15.2. The Morgan fingerprint density at radius 2 is 0.890 bits per heavy atom. The predicted octanol–water partition coefficient (Wildman–Crippen LogP) is -5.22. The number of amides is 14. The van der Waals surface area contributed by atoms with E-state index in [0.717, 1.165) is 5.69 Å². The number of phenolic OH excluding ortho intramolecular Hbond substituents is 1. The number of anilines is 1. The Bertz CT molecular complexity index is 4950. The first-order valence-corrected chi connectivity index (χ1v) is 49.1. The average molecular weight is 2080 g/mol. The van der Waals surface area contributed by atoms with Gasteiger partial charge in [0.2, 0.25) is 92.7 Å². The number of nitrogens with zero attached hydrogens (tertiary/aromatic N) is 5. The lowest BCUT2D eigenvalue weighted by Gasteiger charge is -2.28. The van der Waals surface area contributed by atoms with Gasteiger partial charge in [0.25, 0.3) is 0 Å². The number of nitrogens with two attached hydrogens (primary N) is 6. The van der Waals surface area contributed by atoms with Crippen molar-refractivity contribution >= 4 is 140 Å². The molecule has 3 rings (SSSR count). The number of aliphatic imine (C=N–C) groups is 2. The van der Waals surface area contributed by atoms with E-state index in [1.165, 1.54) is 62.5 Å². The fourth-order valence-electron chi connectivity index (χ4n) is 14.0. The number of unbranched alkanes of at least 4 members (excludes halogenated alkanes) is 1. The first kappa shape index (κ1) is 128. The van der Waals surface area contributed by atoms with Crippen LogP contribution < -0.4 is 124 Å². The highest BCUT2D eigenvalue weighted by atomic mass is 32.2. The van der Waals surface area contributed by atoms with Crippen LogP contribution in [-0.4, -0.2) is 315 Å². The van der Waals surface area contributed by atoms with Crippen LogP contribution in [0, 0.1) is 29.6 Å². The number of carboxylic acids is 3. The van der Waals surface area contributed by atoms with Crippen LogP contribution in [0.15, 0.2) is 97.9 Å². The third-order valence-electron chi connectivity index (χ3n) is 22.0. The van der Waals surface area contributed by atoms with Gasteiger partial charge in [-0.3, -0.25) is 92.0 Å². The summed E-state index contributed by atoms with van der Waals surface area (Å²) < 4.78 is 30.2. The topological polar surface area (TPSA) is 867 Å². The lowest BCUT2D eigenvalue weighted by Crippen LogP contribution is -2.60. The number of aliphatic hydroxyl groups is 3. The lowest BCUT2D eigenvalue weighted by atomic mass is 9.91. The van der Waals surface area contributed by atoms with Gasteiger partial charge in [-0.05, 0) is 193 Å². The van der Waals surface area contributed by atoms with Crippen LogP contribution >= 0.6 is 0 Å². The Morgan fingerprint density at radius 3 is 1.36 bits per heavy atom. The molecule has 0 aliphatic heterocycles. The molecule has 53 nitrogen and oxygen atoms in total. The monoisotopic (exact) mass is 2080 g/mol. The highest BCUT2D eigenvalue weighted by Gasteiger charge is 2.39. The molecule has 0 unspecified atom stereocenters. The summed E-state index contributed by atoms with van der Waals surface area (Å²) in [7, 11) is 0.649. The summed E-state index contributed by atoms with van der Waals surface area (Å²) >= 11 is 0. The smallest absolute Gasteiger partial charge is 0.328 e. The quantitative estimate of drug-likeness (QED) is 0.00826. The minimum absolute atomic E-state index is 0.0219. The summed E-state index contributed by atoms with van der Waals surface area (Å²) in [4.78, 5) is 230. The number of rotatable bonds is 67. The number of benzene rings is 3. The Balaban J connectivity index is 0.000000987. The van der Waals surface area contributed by atoms with Crippen LogP contribution in [0.4, 0.5) is 17.1 Å². The van der Waals surface area contributed by atoms with Gasteiger partial charge >= 0.3 is 17.9 Å². The third kappa shape index (κ3) is 50.0. The molecule has 15 atom stereocenters.